The molecule has 0 spiro atoms. The SMILES string of the molecule is CS(C)(C)C#Cc1ccc(C(=O)O)c(C(=O)O)c1. The van der Waals surface area contributed by atoms with Crippen molar-refractivity contribution in [2.75, 3.05) is 18.8 Å². The lowest BCUT2D eigenvalue weighted by atomic mass is 10.0. The summed E-state index contributed by atoms with van der Waals surface area (Å²) < 4.78 is 0. The lowest BCUT2D eigenvalue weighted by Gasteiger charge is -2.14. The first kappa shape index (κ1) is 14.1. The van der Waals surface area contributed by atoms with Gasteiger partial charge in [-0.1, -0.05) is 5.92 Å². The van der Waals surface area contributed by atoms with E-state index in [0.29, 0.717) is 5.56 Å². The fourth-order valence-electron chi connectivity index (χ4n) is 1.20. The van der Waals surface area contributed by atoms with Gasteiger partial charge in [0.2, 0.25) is 0 Å². The Hall–Kier alpha value is -1.93. The summed E-state index contributed by atoms with van der Waals surface area (Å²) in [5, 5.41) is 20.9. The molecule has 4 nitrogen and oxygen atoms in total. The summed E-state index contributed by atoms with van der Waals surface area (Å²) >= 11 is 0. The Morgan fingerprint density at radius 2 is 1.61 bits per heavy atom. The van der Waals surface area contributed by atoms with Gasteiger partial charge in [-0.05, 0) is 42.2 Å². The first-order valence-electron chi connectivity index (χ1n) is 5.02. The standard InChI is InChI=1S/C13H14O4S/c1-18(2,3)7-6-9-4-5-10(12(14)15)11(8-9)13(16)17/h4-5,8H,1-3H3,(H,14,15)(H,16,17). The minimum absolute atomic E-state index is 0.226. The van der Waals surface area contributed by atoms with Crippen molar-refractivity contribution in [3.8, 4) is 11.2 Å². The molecule has 1 aromatic rings. The minimum Gasteiger partial charge on any atom is -0.478 e. The third kappa shape index (κ3) is 3.82. The number of hydrogen-bond donors (Lipinski definition) is 2. The average molecular weight is 266 g/mol. The molecule has 0 aliphatic rings. The molecule has 5 heteroatoms. The molecule has 96 valence electrons. The fraction of sp³-hybridized carbons (Fsp3) is 0.231. The van der Waals surface area contributed by atoms with Crippen LogP contribution in [0.15, 0.2) is 18.2 Å². The van der Waals surface area contributed by atoms with Crippen LogP contribution in [0.2, 0.25) is 0 Å². The van der Waals surface area contributed by atoms with Gasteiger partial charge in [0.25, 0.3) is 0 Å². The van der Waals surface area contributed by atoms with Crippen LogP contribution in [0, 0.1) is 11.2 Å². The van der Waals surface area contributed by atoms with E-state index < -0.39 is 22.0 Å². The second-order valence-electron chi connectivity index (χ2n) is 4.43. The number of aromatic carboxylic acids is 2. The molecule has 1 rings (SSSR count). The van der Waals surface area contributed by atoms with Crippen molar-refractivity contribution in [3.05, 3.63) is 34.9 Å². The Kier molecular flexibility index (Phi) is 4.04. The van der Waals surface area contributed by atoms with Crippen molar-refractivity contribution < 1.29 is 19.8 Å². The summed E-state index contributed by atoms with van der Waals surface area (Å²) in [6.45, 7) is 0. The van der Waals surface area contributed by atoms with Crippen LogP contribution in [0.5, 0.6) is 0 Å². The summed E-state index contributed by atoms with van der Waals surface area (Å²) in [7, 11) is -1.01. The highest BCUT2D eigenvalue weighted by molar-refractivity contribution is 8.35. The third-order valence-corrected chi connectivity index (χ3v) is 2.70. The van der Waals surface area contributed by atoms with Gasteiger partial charge in [0.05, 0.1) is 11.1 Å². The Bertz CT molecular complexity index is 559. The van der Waals surface area contributed by atoms with Crippen LogP contribution in [0.25, 0.3) is 0 Å². The zero-order valence-corrected chi connectivity index (χ0v) is 11.2. The van der Waals surface area contributed by atoms with Crippen LogP contribution < -0.4 is 0 Å². The number of rotatable bonds is 2. The number of carboxylic acid groups (broad SMARTS) is 2. The molecule has 0 atom stereocenters. The Morgan fingerprint density at radius 1 is 1.06 bits per heavy atom. The van der Waals surface area contributed by atoms with Gasteiger partial charge in [-0.25, -0.2) is 9.59 Å². The van der Waals surface area contributed by atoms with Crippen LogP contribution in [0.1, 0.15) is 26.3 Å². The van der Waals surface area contributed by atoms with Gasteiger partial charge in [0.1, 0.15) is 0 Å². The predicted octanol–water partition coefficient (Wildman–Crippen LogP) is 2.09. The zero-order chi connectivity index (χ0) is 13.9. The topological polar surface area (TPSA) is 74.6 Å². The van der Waals surface area contributed by atoms with Crippen LogP contribution in [0.4, 0.5) is 0 Å². The maximum Gasteiger partial charge on any atom is 0.336 e. The lowest BCUT2D eigenvalue weighted by Crippen LogP contribution is -2.08. The van der Waals surface area contributed by atoms with E-state index >= 15 is 0 Å². The number of benzene rings is 1. The fourth-order valence-corrected chi connectivity index (χ4v) is 1.62. The molecule has 1 aromatic carbocycles. The molecular weight excluding hydrogens is 252 g/mol. The lowest BCUT2D eigenvalue weighted by molar-refractivity contribution is 0.0651. The molecule has 0 aliphatic carbocycles. The quantitative estimate of drug-likeness (QED) is 0.804. The molecule has 0 radical (unpaired) electrons. The molecule has 0 bridgehead atoms. The highest BCUT2D eigenvalue weighted by Crippen LogP contribution is 2.32. The van der Waals surface area contributed by atoms with E-state index in [-0.39, 0.29) is 11.1 Å². The van der Waals surface area contributed by atoms with Crippen LogP contribution in [-0.4, -0.2) is 40.9 Å². The normalized spacial score (nSPS) is 11.3. The largest absolute Gasteiger partial charge is 0.478 e. The van der Waals surface area contributed by atoms with Gasteiger partial charge in [0, 0.05) is 5.56 Å². The van der Waals surface area contributed by atoms with E-state index in [1.54, 1.807) is 0 Å². The maximum absolute atomic E-state index is 11.0. The maximum atomic E-state index is 11.0. The highest BCUT2D eigenvalue weighted by Gasteiger charge is 2.15. The van der Waals surface area contributed by atoms with Gasteiger partial charge >= 0.3 is 11.9 Å². The summed E-state index contributed by atoms with van der Waals surface area (Å²) in [5.74, 6) is 0.356. The second kappa shape index (κ2) is 5.15. The molecule has 0 amide bonds. The number of carboxylic acids is 2. The van der Waals surface area contributed by atoms with Gasteiger partial charge in [-0.2, -0.15) is 10.0 Å². The van der Waals surface area contributed by atoms with Crippen molar-refractivity contribution in [1.29, 1.82) is 0 Å². The van der Waals surface area contributed by atoms with Crippen molar-refractivity contribution >= 4 is 22.0 Å². The van der Waals surface area contributed by atoms with E-state index in [2.05, 4.69) is 11.2 Å². The predicted molar refractivity (Wildman–Crippen MR) is 72.6 cm³/mol. The molecule has 0 fully saturated rings. The summed E-state index contributed by atoms with van der Waals surface area (Å²) in [6.07, 6.45) is 6.05. The van der Waals surface area contributed by atoms with Gasteiger partial charge in [-0.15, -0.1) is 0 Å². The van der Waals surface area contributed by atoms with E-state index in [9.17, 15) is 9.59 Å². The van der Waals surface area contributed by atoms with Crippen molar-refractivity contribution in [1.82, 2.24) is 0 Å². The minimum atomic E-state index is -1.26. The smallest absolute Gasteiger partial charge is 0.336 e. The van der Waals surface area contributed by atoms with Crippen LogP contribution in [-0.2, 0) is 0 Å². The van der Waals surface area contributed by atoms with Gasteiger partial charge in [-0.3, -0.25) is 0 Å². The van der Waals surface area contributed by atoms with Crippen LogP contribution >= 0.6 is 10.0 Å². The molecule has 18 heavy (non-hydrogen) atoms. The van der Waals surface area contributed by atoms with Crippen molar-refractivity contribution in [2.24, 2.45) is 0 Å². The average Bonchev–Trinajstić information content (AvgIpc) is 2.24. The molecule has 0 heterocycles. The highest BCUT2D eigenvalue weighted by atomic mass is 32.3. The van der Waals surface area contributed by atoms with E-state index in [4.69, 9.17) is 10.2 Å². The molecule has 2 N–H and O–H groups in total. The van der Waals surface area contributed by atoms with Gasteiger partial charge < -0.3 is 10.2 Å². The van der Waals surface area contributed by atoms with E-state index in [1.807, 2.05) is 18.8 Å². The number of carbonyl (C=O) groups is 2. The summed E-state index contributed by atoms with van der Waals surface area (Å²) in [6, 6.07) is 4.09. The first-order chi connectivity index (χ1) is 8.20. The third-order valence-electron chi connectivity index (χ3n) is 1.98. The Balaban J connectivity index is 3.27. The second-order valence-corrected chi connectivity index (χ2v) is 8.31. The van der Waals surface area contributed by atoms with Crippen molar-refractivity contribution in [2.45, 2.75) is 0 Å². The van der Waals surface area contributed by atoms with E-state index in [0.717, 1.165) is 0 Å². The summed E-state index contributed by atoms with van der Waals surface area (Å²) in [4.78, 5) is 21.8. The Morgan fingerprint density at radius 3 is 2.06 bits per heavy atom. The number of hydrogen-bond acceptors (Lipinski definition) is 2. The molecule has 0 unspecified atom stereocenters. The van der Waals surface area contributed by atoms with Crippen molar-refractivity contribution in [3.63, 3.8) is 0 Å². The zero-order valence-electron chi connectivity index (χ0n) is 10.4. The monoisotopic (exact) mass is 266 g/mol. The van der Waals surface area contributed by atoms with E-state index in [1.165, 1.54) is 18.2 Å². The molecule has 0 aliphatic heterocycles. The molecule has 0 aromatic heterocycles. The molecular formula is C13H14O4S. The van der Waals surface area contributed by atoms with Gasteiger partial charge in [0.15, 0.2) is 0 Å². The molecule has 0 saturated heterocycles. The first-order valence-corrected chi connectivity index (χ1v) is 7.88. The molecule has 0 saturated carbocycles. The Labute approximate surface area is 107 Å². The summed E-state index contributed by atoms with van der Waals surface area (Å²) in [5.41, 5.74) is 0.0502. The van der Waals surface area contributed by atoms with Crippen LogP contribution in [0.3, 0.4) is 0 Å².